The molecule has 1 rings (SSSR count). The Labute approximate surface area is 99.6 Å². The van der Waals surface area contributed by atoms with Gasteiger partial charge < -0.3 is 15.8 Å². The van der Waals surface area contributed by atoms with Gasteiger partial charge >= 0.3 is 0 Å². The number of aromatic nitrogens is 2. The van der Waals surface area contributed by atoms with Gasteiger partial charge in [0.05, 0.1) is 13.4 Å². The maximum absolute atomic E-state index is 10.8. The number of methoxy groups -OCH3 is 1. The predicted molar refractivity (Wildman–Crippen MR) is 64.3 cm³/mol. The van der Waals surface area contributed by atoms with Gasteiger partial charge in [-0.1, -0.05) is 0 Å². The van der Waals surface area contributed by atoms with E-state index in [0.29, 0.717) is 12.4 Å². The SMILES string of the molecule is COc1ncnc(NCCNS(C)(=O)=O)c1N. The number of hydrogen-bond acceptors (Lipinski definition) is 7. The third-order valence-electron chi connectivity index (χ3n) is 1.82. The minimum Gasteiger partial charge on any atom is -0.479 e. The van der Waals surface area contributed by atoms with Crippen molar-refractivity contribution in [2.45, 2.75) is 0 Å². The Morgan fingerprint density at radius 2 is 2.12 bits per heavy atom. The number of hydrogen-bond donors (Lipinski definition) is 3. The second-order valence-electron chi connectivity index (χ2n) is 3.24. The van der Waals surface area contributed by atoms with Gasteiger partial charge in [0.25, 0.3) is 0 Å². The van der Waals surface area contributed by atoms with E-state index in [1.165, 1.54) is 13.4 Å². The number of ether oxygens (including phenoxy) is 1. The van der Waals surface area contributed by atoms with Gasteiger partial charge in [0, 0.05) is 13.1 Å². The summed E-state index contributed by atoms with van der Waals surface area (Å²) < 4.78 is 28.9. The average molecular weight is 261 g/mol. The maximum atomic E-state index is 10.8. The zero-order chi connectivity index (χ0) is 12.9. The lowest BCUT2D eigenvalue weighted by atomic mass is 10.4. The molecule has 4 N–H and O–H groups in total. The molecule has 0 spiro atoms. The van der Waals surface area contributed by atoms with Crippen molar-refractivity contribution in [2.75, 3.05) is 37.5 Å². The molecule has 0 amide bonds. The number of rotatable bonds is 6. The van der Waals surface area contributed by atoms with Gasteiger partial charge in [-0.2, -0.15) is 4.98 Å². The van der Waals surface area contributed by atoms with E-state index in [9.17, 15) is 8.42 Å². The Morgan fingerprint density at radius 1 is 1.41 bits per heavy atom. The van der Waals surface area contributed by atoms with Crippen molar-refractivity contribution in [1.82, 2.24) is 14.7 Å². The molecule has 0 radical (unpaired) electrons. The highest BCUT2D eigenvalue weighted by molar-refractivity contribution is 7.88. The van der Waals surface area contributed by atoms with Gasteiger partial charge in [0.2, 0.25) is 15.9 Å². The smallest absolute Gasteiger partial charge is 0.242 e. The Balaban J connectivity index is 2.52. The number of nitrogen functional groups attached to an aromatic ring is 1. The van der Waals surface area contributed by atoms with E-state index in [1.54, 1.807) is 0 Å². The molecule has 0 aromatic carbocycles. The van der Waals surface area contributed by atoms with Crippen LogP contribution in [0.3, 0.4) is 0 Å². The fraction of sp³-hybridized carbons (Fsp3) is 0.500. The van der Waals surface area contributed by atoms with Gasteiger partial charge in [0.1, 0.15) is 12.0 Å². The molecule has 1 aromatic heterocycles. The molecule has 0 aliphatic carbocycles. The third kappa shape index (κ3) is 4.41. The lowest BCUT2D eigenvalue weighted by Gasteiger charge is -2.09. The summed E-state index contributed by atoms with van der Waals surface area (Å²) in [7, 11) is -1.73. The number of nitrogens with zero attached hydrogens (tertiary/aromatic N) is 2. The van der Waals surface area contributed by atoms with Crippen molar-refractivity contribution in [3.63, 3.8) is 0 Å². The first-order valence-electron chi connectivity index (χ1n) is 4.77. The highest BCUT2D eigenvalue weighted by Crippen LogP contribution is 2.23. The first-order chi connectivity index (χ1) is 7.94. The van der Waals surface area contributed by atoms with Gasteiger partial charge in [-0.05, 0) is 0 Å². The third-order valence-corrected chi connectivity index (χ3v) is 2.55. The summed E-state index contributed by atoms with van der Waals surface area (Å²) in [4.78, 5) is 7.73. The lowest BCUT2D eigenvalue weighted by Crippen LogP contribution is -2.28. The summed E-state index contributed by atoms with van der Waals surface area (Å²) >= 11 is 0. The Kier molecular flexibility index (Phi) is 4.46. The fourth-order valence-corrected chi connectivity index (χ4v) is 1.57. The van der Waals surface area contributed by atoms with Gasteiger partial charge in [-0.25, -0.2) is 18.1 Å². The summed E-state index contributed by atoms with van der Waals surface area (Å²) in [5, 5.41) is 2.88. The molecule has 0 saturated heterocycles. The van der Waals surface area contributed by atoms with Crippen LogP contribution in [-0.2, 0) is 10.0 Å². The van der Waals surface area contributed by atoms with Crippen LogP contribution in [0, 0.1) is 0 Å². The monoisotopic (exact) mass is 261 g/mol. The summed E-state index contributed by atoms with van der Waals surface area (Å²) in [6.45, 7) is 0.599. The van der Waals surface area contributed by atoms with Crippen LogP contribution in [0.5, 0.6) is 5.88 Å². The number of nitrogens with two attached hydrogens (primary N) is 1. The van der Waals surface area contributed by atoms with Crippen LogP contribution in [0.25, 0.3) is 0 Å². The van der Waals surface area contributed by atoms with E-state index in [0.717, 1.165) is 6.26 Å². The van der Waals surface area contributed by atoms with Crippen LogP contribution in [0.2, 0.25) is 0 Å². The van der Waals surface area contributed by atoms with E-state index in [4.69, 9.17) is 10.5 Å². The first-order valence-corrected chi connectivity index (χ1v) is 6.66. The van der Waals surface area contributed by atoms with Crippen LogP contribution in [0.1, 0.15) is 0 Å². The quantitative estimate of drug-likeness (QED) is 0.563. The van der Waals surface area contributed by atoms with Gasteiger partial charge in [-0.15, -0.1) is 0 Å². The zero-order valence-electron chi connectivity index (χ0n) is 9.60. The number of sulfonamides is 1. The second kappa shape index (κ2) is 5.64. The second-order valence-corrected chi connectivity index (χ2v) is 5.07. The highest BCUT2D eigenvalue weighted by Gasteiger charge is 2.07. The van der Waals surface area contributed by atoms with Crippen molar-refractivity contribution in [3.05, 3.63) is 6.33 Å². The molecule has 9 heteroatoms. The van der Waals surface area contributed by atoms with Crippen LogP contribution in [-0.4, -0.2) is 44.8 Å². The minimum absolute atomic E-state index is 0.241. The minimum atomic E-state index is -3.18. The Bertz CT molecular complexity index is 476. The normalized spacial score (nSPS) is 11.2. The van der Waals surface area contributed by atoms with Gasteiger partial charge in [0.15, 0.2) is 5.82 Å². The summed E-state index contributed by atoms with van der Waals surface area (Å²) in [5.41, 5.74) is 6.00. The Hall–Kier alpha value is -1.61. The van der Waals surface area contributed by atoms with Crippen LogP contribution >= 0.6 is 0 Å². The van der Waals surface area contributed by atoms with E-state index in [2.05, 4.69) is 20.0 Å². The average Bonchev–Trinajstić information content (AvgIpc) is 2.25. The molecule has 0 bridgehead atoms. The fourth-order valence-electron chi connectivity index (χ4n) is 1.10. The lowest BCUT2D eigenvalue weighted by molar-refractivity contribution is 0.399. The summed E-state index contributed by atoms with van der Waals surface area (Å²) in [6.07, 6.45) is 2.40. The standard InChI is InChI=1S/C8H15N5O3S/c1-16-8-6(9)7(11-5-12-8)10-3-4-13-17(2,14)15/h5,13H,3-4,9H2,1-2H3,(H,10,11,12). The first kappa shape index (κ1) is 13.5. The van der Waals surface area contributed by atoms with E-state index < -0.39 is 10.0 Å². The van der Waals surface area contributed by atoms with Crippen molar-refractivity contribution in [1.29, 1.82) is 0 Å². The van der Waals surface area contributed by atoms with Crippen LogP contribution < -0.4 is 20.5 Å². The Morgan fingerprint density at radius 3 is 2.71 bits per heavy atom. The topological polar surface area (TPSA) is 119 Å². The van der Waals surface area contributed by atoms with E-state index in [1.807, 2.05) is 0 Å². The highest BCUT2D eigenvalue weighted by atomic mass is 32.2. The van der Waals surface area contributed by atoms with Crippen molar-refractivity contribution in [3.8, 4) is 5.88 Å². The largest absolute Gasteiger partial charge is 0.479 e. The van der Waals surface area contributed by atoms with Crippen molar-refractivity contribution < 1.29 is 13.2 Å². The molecule has 0 aliphatic rings. The molecule has 0 aliphatic heterocycles. The van der Waals surface area contributed by atoms with E-state index >= 15 is 0 Å². The van der Waals surface area contributed by atoms with E-state index in [-0.39, 0.29) is 18.1 Å². The summed E-state index contributed by atoms with van der Waals surface area (Å²) in [6, 6.07) is 0. The molecule has 1 aromatic rings. The molecule has 0 unspecified atom stereocenters. The molecular formula is C8H15N5O3S. The van der Waals surface area contributed by atoms with Crippen molar-refractivity contribution in [2.24, 2.45) is 0 Å². The zero-order valence-corrected chi connectivity index (χ0v) is 10.4. The van der Waals surface area contributed by atoms with Crippen LogP contribution in [0.15, 0.2) is 6.33 Å². The maximum Gasteiger partial charge on any atom is 0.242 e. The molecule has 0 saturated carbocycles. The summed E-state index contributed by atoms with van der Waals surface area (Å²) in [5.74, 6) is 0.686. The van der Waals surface area contributed by atoms with Gasteiger partial charge in [-0.3, -0.25) is 0 Å². The molecule has 17 heavy (non-hydrogen) atoms. The molecule has 0 atom stereocenters. The molecule has 8 nitrogen and oxygen atoms in total. The van der Waals surface area contributed by atoms with Crippen molar-refractivity contribution >= 4 is 21.5 Å². The number of anilines is 2. The molecule has 1 heterocycles. The van der Waals surface area contributed by atoms with Crippen LogP contribution in [0.4, 0.5) is 11.5 Å². The molecular weight excluding hydrogens is 246 g/mol. The molecule has 0 fully saturated rings. The predicted octanol–water partition coefficient (Wildman–Crippen LogP) is -0.971. The number of nitrogens with one attached hydrogen (secondary N) is 2. The molecule has 96 valence electrons.